The molecular formula is C19H18BrN3O. The lowest BCUT2D eigenvalue weighted by molar-refractivity contribution is -0.129. The molecule has 122 valence electrons. The fourth-order valence-corrected chi connectivity index (χ4v) is 3.81. The number of likely N-dealkylation sites (tertiary alicyclic amines) is 1. The number of para-hydroxylation sites is 2. The highest BCUT2D eigenvalue weighted by Gasteiger charge is 2.28. The van der Waals surface area contributed by atoms with Gasteiger partial charge < -0.3 is 9.47 Å². The number of aromatic nitrogens is 2. The predicted octanol–water partition coefficient (Wildman–Crippen LogP) is 3.81. The molecule has 1 aromatic heterocycles. The van der Waals surface area contributed by atoms with E-state index in [0.29, 0.717) is 12.5 Å². The summed E-state index contributed by atoms with van der Waals surface area (Å²) in [6, 6.07) is 16.4. The number of imidazole rings is 1. The molecule has 4 rings (SSSR count). The quantitative estimate of drug-likeness (QED) is 0.689. The van der Waals surface area contributed by atoms with Gasteiger partial charge in [0.25, 0.3) is 0 Å². The maximum atomic E-state index is 12.6. The number of carbonyl (C=O) groups excluding carboxylic acids is 1. The normalized spacial score (nSPS) is 17.5. The monoisotopic (exact) mass is 383 g/mol. The van der Waals surface area contributed by atoms with E-state index in [1.165, 1.54) is 0 Å². The summed E-state index contributed by atoms with van der Waals surface area (Å²) in [4.78, 5) is 19.1. The molecule has 0 radical (unpaired) electrons. The Balaban J connectivity index is 1.48. The van der Waals surface area contributed by atoms with Crippen LogP contribution in [0.25, 0.3) is 11.0 Å². The third kappa shape index (κ3) is 2.84. The Kier molecular flexibility index (Phi) is 4.10. The van der Waals surface area contributed by atoms with Crippen molar-refractivity contribution in [2.75, 3.05) is 13.1 Å². The van der Waals surface area contributed by atoms with Crippen LogP contribution in [0.1, 0.15) is 18.0 Å². The van der Waals surface area contributed by atoms with E-state index in [2.05, 4.69) is 31.5 Å². The lowest BCUT2D eigenvalue weighted by Crippen LogP contribution is -2.30. The van der Waals surface area contributed by atoms with E-state index in [1.54, 1.807) is 0 Å². The van der Waals surface area contributed by atoms with Gasteiger partial charge in [0.05, 0.1) is 29.8 Å². The first-order valence-corrected chi connectivity index (χ1v) is 8.94. The number of carbonyl (C=O) groups is 1. The zero-order valence-electron chi connectivity index (χ0n) is 13.2. The molecule has 0 spiro atoms. The molecule has 1 fully saturated rings. The third-order valence-electron chi connectivity index (χ3n) is 4.69. The van der Waals surface area contributed by atoms with Crippen molar-refractivity contribution in [3.05, 3.63) is 64.9 Å². The number of amides is 1. The van der Waals surface area contributed by atoms with Crippen LogP contribution in [0.3, 0.4) is 0 Å². The first kappa shape index (κ1) is 15.4. The summed E-state index contributed by atoms with van der Waals surface area (Å²) in [5, 5.41) is 0. The topological polar surface area (TPSA) is 38.1 Å². The molecule has 2 aromatic carbocycles. The number of nitrogens with zero attached hydrogens (tertiary/aromatic N) is 3. The Morgan fingerprint density at radius 3 is 2.83 bits per heavy atom. The van der Waals surface area contributed by atoms with Gasteiger partial charge in [0.2, 0.25) is 5.91 Å². The molecule has 0 N–H and O–H groups in total. The molecule has 1 aliphatic heterocycles. The van der Waals surface area contributed by atoms with E-state index < -0.39 is 0 Å². The van der Waals surface area contributed by atoms with Crippen LogP contribution in [-0.2, 0) is 11.2 Å². The molecule has 4 nitrogen and oxygen atoms in total. The standard InChI is InChI=1S/C19H18BrN3O/c20-16-6-2-1-5-14(16)11-19(24)22-10-9-15(12-22)23-13-21-17-7-3-4-8-18(17)23/h1-8,13,15H,9-12H2/t15-/m1/s1. The van der Waals surface area contributed by atoms with Crippen LogP contribution >= 0.6 is 15.9 Å². The van der Waals surface area contributed by atoms with Crippen LogP contribution in [0.5, 0.6) is 0 Å². The highest BCUT2D eigenvalue weighted by atomic mass is 79.9. The molecular weight excluding hydrogens is 366 g/mol. The van der Waals surface area contributed by atoms with E-state index in [1.807, 2.05) is 53.7 Å². The SMILES string of the molecule is O=C(Cc1ccccc1Br)N1CC[C@@H](n2cnc3ccccc32)C1. The molecule has 1 amide bonds. The minimum atomic E-state index is 0.189. The van der Waals surface area contributed by atoms with Crippen molar-refractivity contribution >= 4 is 32.9 Å². The summed E-state index contributed by atoms with van der Waals surface area (Å²) in [5.74, 6) is 0.189. The van der Waals surface area contributed by atoms with E-state index in [0.717, 1.165) is 40.6 Å². The van der Waals surface area contributed by atoms with Crippen molar-refractivity contribution < 1.29 is 4.79 Å². The Labute approximate surface area is 149 Å². The van der Waals surface area contributed by atoms with Gasteiger partial charge in [-0.05, 0) is 30.2 Å². The summed E-state index contributed by atoms with van der Waals surface area (Å²) in [5.41, 5.74) is 3.19. The largest absolute Gasteiger partial charge is 0.340 e. The zero-order valence-corrected chi connectivity index (χ0v) is 14.8. The lowest BCUT2D eigenvalue weighted by atomic mass is 10.1. The van der Waals surface area contributed by atoms with Gasteiger partial charge in [-0.15, -0.1) is 0 Å². The van der Waals surface area contributed by atoms with Crippen molar-refractivity contribution in [1.82, 2.24) is 14.5 Å². The number of rotatable bonds is 3. The minimum absolute atomic E-state index is 0.189. The fraction of sp³-hybridized carbons (Fsp3) is 0.263. The van der Waals surface area contributed by atoms with Crippen LogP contribution < -0.4 is 0 Å². The number of benzene rings is 2. The average molecular weight is 384 g/mol. The van der Waals surface area contributed by atoms with E-state index in [4.69, 9.17) is 0 Å². The molecule has 0 unspecified atom stereocenters. The van der Waals surface area contributed by atoms with Gasteiger partial charge in [0, 0.05) is 17.6 Å². The highest BCUT2D eigenvalue weighted by Crippen LogP contribution is 2.26. The van der Waals surface area contributed by atoms with Gasteiger partial charge in [-0.2, -0.15) is 0 Å². The Hall–Kier alpha value is -2.14. The molecule has 0 bridgehead atoms. The fourth-order valence-electron chi connectivity index (χ4n) is 3.38. The second kappa shape index (κ2) is 6.40. The number of halogens is 1. The smallest absolute Gasteiger partial charge is 0.227 e. The number of hydrogen-bond donors (Lipinski definition) is 0. The Morgan fingerprint density at radius 1 is 1.17 bits per heavy atom. The van der Waals surface area contributed by atoms with Crippen molar-refractivity contribution in [1.29, 1.82) is 0 Å². The molecule has 1 atom stereocenters. The summed E-state index contributed by atoms with van der Waals surface area (Å²) in [7, 11) is 0. The van der Waals surface area contributed by atoms with E-state index in [9.17, 15) is 4.79 Å². The van der Waals surface area contributed by atoms with Gasteiger partial charge in [0.15, 0.2) is 0 Å². The lowest BCUT2D eigenvalue weighted by Gasteiger charge is -2.18. The van der Waals surface area contributed by atoms with Crippen molar-refractivity contribution in [3.63, 3.8) is 0 Å². The van der Waals surface area contributed by atoms with Gasteiger partial charge in [-0.3, -0.25) is 4.79 Å². The van der Waals surface area contributed by atoms with Crippen LogP contribution in [0.4, 0.5) is 0 Å². The number of hydrogen-bond acceptors (Lipinski definition) is 2. The average Bonchev–Trinajstić information content (AvgIpc) is 3.23. The molecule has 0 saturated carbocycles. The Bertz CT molecular complexity index is 889. The third-order valence-corrected chi connectivity index (χ3v) is 5.46. The van der Waals surface area contributed by atoms with Crippen LogP contribution in [-0.4, -0.2) is 33.4 Å². The second-order valence-electron chi connectivity index (χ2n) is 6.19. The predicted molar refractivity (Wildman–Crippen MR) is 97.8 cm³/mol. The van der Waals surface area contributed by atoms with Crippen LogP contribution in [0.2, 0.25) is 0 Å². The molecule has 5 heteroatoms. The first-order valence-electron chi connectivity index (χ1n) is 8.15. The van der Waals surface area contributed by atoms with Crippen LogP contribution in [0, 0.1) is 0 Å². The Morgan fingerprint density at radius 2 is 1.96 bits per heavy atom. The molecule has 0 aliphatic carbocycles. The second-order valence-corrected chi connectivity index (χ2v) is 7.05. The maximum Gasteiger partial charge on any atom is 0.227 e. The molecule has 24 heavy (non-hydrogen) atoms. The molecule has 1 aliphatic rings. The molecule has 3 aromatic rings. The van der Waals surface area contributed by atoms with E-state index >= 15 is 0 Å². The van der Waals surface area contributed by atoms with Crippen molar-refractivity contribution in [2.45, 2.75) is 18.9 Å². The van der Waals surface area contributed by atoms with Gasteiger partial charge in [-0.1, -0.05) is 46.3 Å². The van der Waals surface area contributed by atoms with E-state index in [-0.39, 0.29) is 5.91 Å². The van der Waals surface area contributed by atoms with Gasteiger partial charge in [-0.25, -0.2) is 4.98 Å². The van der Waals surface area contributed by atoms with Gasteiger partial charge >= 0.3 is 0 Å². The van der Waals surface area contributed by atoms with Crippen molar-refractivity contribution in [2.24, 2.45) is 0 Å². The highest BCUT2D eigenvalue weighted by molar-refractivity contribution is 9.10. The van der Waals surface area contributed by atoms with Crippen molar-refractivity contribution in [3.8, 4) is 0 Å². The minimum Gasteiger partial charge on any atom is -0.340 e. The first-order chi connectivity index (χ1) is 11.7. The molecule has 1 saturated heterocycles. The van der Waals surface area contributed by atoms with Crippen LogP contribution in [0.15, 0.2) is 59.3 Å². The van der Waals surface area contributed by atoms with Gasteiger partial charge in [0.1, 0.15) is 0 Å². The maximum absolute atomic E-state index is 12.6. The zero-order chi connectivity index (χ0) is 16.5. The number of fused-ring (bicyclic) bond motifs is 1. The molecule has 2 heterocycles. The summed E-state index contributed by atoms with van der Waals surface area (Å²) in [6.45, 7) is 1.56. The summed E-state index contributed by atoms with van der Waals surface area (Å²) in [6.07, 6.45) is 3.32. The summed E-state index contributed by atoms with van der Waals surface area (Å²) >= 11 is 3.52. The summed E-state index contributed by atoms with van der Waals surface area (Å²) < 4.78 is 3.20.